The molecule has 0 aromatic carbocycles. The molecular weight excluding hydrogens is 232 g/mol. The van der Waals surface area contributed by atoms with E-state index in [1.807, 2.05) is 23.2 Å². The van der Waals surface area contributed by atoms with Gasteiger partial charge in [-0.05, 0) is 18.1 Å². The van der Waals surface area contributed by atoms with Crippen molar-refractivity contribution in [2.75, 3.05) is 19.8 Å². The van der Waals surface area contributed by atoms with Crippen LogP contribution in [0.4, 0.5) is 0 Å². The monoisotopic (exact) mass is 250 g/mol. The number of carbonyl (C=O) groups is 1. The second-order valence-corrected chi connectivity index (χ2v) is 4.41. The van der Waals surface area contributed by atoms with Gasteiger partial charge in [-0.25, -0.2) is 0 Å². The zero-order valence-electron chi connectivity index (χ0n) is 10.5. The Morgan fingerprint density at radius 2 is 2.44 bits per heavy atom. The van der Waals surface area contributed by atoms with Crippen LogP contribution in [0.2, 0.25) is 0 Å². The van der Waals surface area contributed by atoms with Crippen molar-refractivity contribution >= 4 is 5.97 Å². The lowest BCUT2D eigenvalue weighted by atomic mass is 10.2. The van der Waals surface area contributed by atoms with Crippen molar-refractivity contribution in [2.24, 2.45) is 0 Å². The molecule has 1 N–H and O–H groups in total. The quantitative estimate of drug-likeness (QED) is 0.861. The van der Waals surface area contributed by atoms with Gasteiger partial charge in [0.2, 0.25) is 0 Å². The molecule has 2 heterocycles. The first-order valence-corrected chi connectivity index (χ1v) is 6.19. The first-order valence-electron chi connectivity index (χ1n) is 6.19. The molecule has 1 aromatic heterocycles. The third-order valence-corrected chi connectivity index (χ3v) is 3.18. The predicted molar refractivity (Wildman–Crippen MR) is 66.3 cm³/mol. The molecule has 0 bridgehead atoms. The number of aliphatic carboxylic acids is 1. The van der Waals surface area contributed by atoms with Crippen LogP contribution in [0.5, 0.6) is 0 Å². The number of aromatic nitrogens is 1. The molecular formula is C13H18N2O3. The van der Waals surface area contributed by atoms with Crippen LogP contribution >= 0.6 is 0 Å². The van der Waals surface area contributed by atoms with E-state index >= 15 is 0 Å². The van der Waals surface area contributed by atoms with Crippen molar-refractivity contribution in [1.29, 1.82) is 0 Å². The summed E-state index contributed by atoms with van der Waals surface area (Å²) in [6.45, 7) is 4.11. The molecule has 5 nitrogen and oxygen atoms in total. The Labute approximate surface area is 106 Å². The summed E-state index contributed by atoms with van der Waals surface area (Å²) in [5.74, 6) is -0.833. The number of aryl methyl sites for hydroxylation is 1. The fourth-order valence-corrected chi connectivity index (χ4v) is 2.02. The standard InChI is InChI=1S/C13H18N2O3/c1-2-10-3-4-11(14-7-10)8-15-5-6-18-9-12(15)13(16)17/h3-4,7,12H,2,5-6,8-9H2,1H3,(H,16,17)/t12-/m1/s1. The highest BCUT2D eigenvalue weighted by Crippen LogP contribution is 2.12. The number of ether oxygens (including phenoxy) is 1. The van der Waals surface area contributed by atoms with Crippen molar-refractivity contribution in [2.45, 2.75) is 25.9 Å². The van der Waals surface area contributed by atoms with E-state index in [1.54, 1.807) is 0 Å². The Morgan fingerprint density at radius 1 is 1.61 bits per heavy atom. The number of nitrogens with zero attached hydrogens (tertiary/aromatic N) is 2. The first-order chi connectivity index (χ1) is 8.70. The fraction of sp³-hybridized carbons (Fsp3) is 0.538. The van der Waals surface area contributed by atoms with Crippen molar-refractivity contribution in [3.8, 4) is 0 Å². The molecule has 0 radical (unpaired) electrons. The molecule has 0 saturated carbocycles. The van der Waals surface area contributed by atoms with Crippen molar-refractivity contribution in [1.82, 2.24) is 9.88 Å². The van der Waals surface area contributed by atoms with Gasteiger partial charge in [0.25, 0.3) is 0 Å². The number of hydrogen-bond donors (Lipinski definition) is 1. The Bertz CT molecular complexity index is 405. The molecule has 0 spiro atoms. The summed E-state index contributed by atoms with van der Waals surface area (Å²) >= 11 is 0. The summed E-state index contributed by atoms with van der Waals surface area (Å²) in [5, 5.41) is 9.13. The van der Waals surface area contributed by atoms with E-state index in [0.717, 1.165) is 12.1 Å². The van der Waals surface area contributed by atoms with Gasteiger partial charge in [0.1, 0.15) is 6.04 Å². The van der Waals surface area contributed by atoms with E-state index in [9.17, 15) is 4.79 Å². The van der Waals surface area contributed by atoms with Gasteiger partial charge in [-0.15, -0.1) is 0 Å². The maximum absolute atomic E-state index is 11.1. The zero-order chi connectivity index (χ0) is 13.0. The van der Waals surface area contributed by atoms with E-state index < -0.39 is 12.0 Å². The maximum Gasteiger partial charge on any atom is 0.323 e. The number of carboxylic acid groups (broad SMARTS) is 1. The average Bonchev–Trinajstić information content (AvgIpc) is 2.40. The Kier molecular flexibility index (Phi) is 4.28. The predicted octanol–water partition coefficient (Wildman–Crippen LogP) is 0.929. The molecule has 0 unspecified atom stereocenters. The SMILES string of the molecule is CCc1ccc(CN2CCOC[C@@H]2C(=O)O)nc1. The molecule has 1 aromatic rings. The number of pyridine rings is 1. The zero-order valence-corrected chi connectivity index (χ0v) is 10.5. The summed E-state index contributed by atoms with van der Waals surface area (Å²) < 4.78 is 5.20. The molecule has 2 rings (SSSR count). The molecule has 5 heteroatoms. The summed E-state index contributed by atoms with van der Waals surface area (Å²) in [6.07, 6.45) is 2.81. The largest absolute Gasteiger partial charge is 0.480 e. The third kappa shape index (κ3) is 3.05. The van der Waals surface area contributed by atoms with Gasteiger partial charge in [0, 0.05) is 19.3 Å². The third-order valence-electron chi connectivity index (χ3n) is 3.18. The molecule has 1 aliphatic heterocycles. The topological polar surface area (TPSA) is 62.7 Å². The highest BCUT2D eigenvalue weighted by atomic mass is 16.5. The molecule has 1 saturated heterocycles. The second kappa shape index (κ2) is 5.93. The van der Waals surface area contributed by atoms with E-state index in [4.69, 9.17) is 9.84 Å². The molecule has 0 aliphatic carbocycles. The van der Waals surface area contributed by atoms with Crippen LogP contribution in [0.3, 0.4) is 0 Å². The van der Waals surface area contributed by atoms with Gasteiger partial charge in [-0.2, -0.15) is 0 Å². The van der Waals surface area contributed by atoms with E-state index in [2.05, 4.69) is 11.9 Å². The summed E-state index contributed by atoms with van der Waals surface area (Å²) in [7, 11) is 0. The first kappa shape index (κ1) is 13.0. The molecule has 1 aliphatic rings. The normalized spacial score (nSPS) is 20.8. The van der Waals surface area contributed by atoms with Crippen molar-refractivity contribution in [3.63, 3.8) is 0 Å². The van der Waals surface area contributed by atoms with Gasteiger partial charge >= 0.3 is 5.97 Å². The van der Waals surface area contributed by atoms with E-state index in [-0.39, 0.29) is 6.61 Å². The van der Waals surface area contributed by atoms with Crippen LogP contribution in [-0.2, 0) is 22.5 Å². The molecule has 1 fully saturated rings. The highest BCUT2D eigenvalue weighted by Gasteiger charge is 2.29. The van der Waals surface area contributed by atoms with E-state index in [0.29, 0.717) is 19.7 Å². The van der Waals surface area contributed by atoms with Gasteiger partial charge < -0.3 is 9.84 Å². The minimum absolute atomic E-state index is 0.252. The van der Waals surface area contributed by atoms with Crippen LogP contribution in [0.25, 0.3) is 0 Å². The molecule has 98 valence electrons. The van der Waals surface area contributed by atoms with E-state index in [1.165, 1.54) is 5.56 Å². The summed E-state index contributed by atoms with van der Waals surface area (Å²) in [4.78, 5) is 17.4. The number of rotatable bonds is 4. The lowest BCUT2D eigenvalue weighted by Crippen LogP contribution is -2.49. The molecule has 18 heavy (non-hydrogen) atoms. The second-order valence-electron chi connectivity index (χ2n) is 4.41. The summed E-state index contributed by atoms with van der Waals surface area (Å²) in [6, 6.07) is 3.44. The van der Waals surface area contributed by atoms with Gasteiger partial charge in [-0.1, -0.05) is 13.0 Å². The Balaban J connectivity index is 2.03. The van der Waals surface area contributed by atoms with Crippen LogP contribution in [0.15, 0.2) is 18.3 Å². The van der Waals surface area contributed by atoms with Gasteiger partial charge in [0.15, 0.2) is 0 Å². The number of hydrogen-bond acceptors (Lipinski definition) is 4. The van der Waals surface area contributed by atoms with Crippen molar-refractivity contribution < 1.29 is 14.6 Å². The van der Waals surface area contributed by atoms with Crippen LogP contribution < -0.4 is 0 Å². The number of morpholine rings is 1. The van der Waals surface area contributed by atoms with Gasteiger partial charge in [-0.3, -0.25) is 14.7 Å². The Morgan fingerprint density at radius 3 is 3.06 bits per heavy atom. The van der Waals surface area contributed by atoms with Crippen molar-refractivity contribution in [3.05, 3.63) is 29.6 Å². The minimum Gasteiger partial charge on any atom is -0.480 e. The van der Waals surface area contributed by atoms with Crippen LogP contribution in [0.1, 0.15) is 18.2 Å². The lowest BCUT2D eigenvalue weighted by molar-refractivity contribution is -0.150. The highest BCUT2D eigenvalue weighted by molar-refractivity contribution is 5.73. The van der Waals surface area contributed by atoms with Crippen LogP contribution in [-0.4, -0.2) is 46.8 Å². The Hall–Kier alpha value is -1.46. The average molecular weight is 250 g/mol. The van der Waals surface area contributed by atoms with Gasteiger partial charge in [0.05, 0.1) is 18.9 Å². The fourth-order valence-electron chi connectivity index (χ4n) is 2.02. The molecule has 0 amide bonds. The number of carboxylic acids is 1. The smallest absolute Gasteiger partial charge is 0.323 e. The molecule has 1 atom stereocenters. The lowest BCUT2D eigenvalue weighted by Gasteiger charge is -2.32. The van der Waals surface area contributed by atoms with Crippen LogP contribution in [0, 0.1) is 0 Å². The maximum atomic E-state index is 11.1. The summed E-state index contributed by atoms with van der Waals surface area (Å²) in [5.41, 5.74) is 2.09. The minimum atomic E-state index is -0.833.